The molecule has 6 heteroatoms. The van der Waals surface area contributed by atoms with E-state index in [4.69, 9.17) is 0 Å². The Morgan fingerprint density at radius 1 is 1.44 bits per heavy atom. The van der Waals surface area contributed by atoms with Crippen LogP contribution in [0.1, 0.15) is 38.4 Å². The van der Waals surface area contributed by atoms with Crippen LogP contribution in [0, 0.1) is 0 Å². The predicted molar refractivity (Wildman–Crippen MR) is 68.6 cm³/mol. The molecule has 1 aliphatic rings. The molecule has 1 saturated heterocycles. The summed E-state index contributed by atoms with van der Waals surface area (Å²) in [5, 5.41) is 5.98. The monoisotopic (exact) mass is 250 g/mol. The maximum atomic E-state index is 11.5. The average Bonchev–Trinajstić information content (AvgIpc) is 2.31. The number of nitrogens with one attached hydrogen (secondary N) is 3. The number of hydrogen-bond donors (Lipinski definition) is 3. The van der Waals surface area contributed by atoms with Gasteiger partial charge in [0.1, 0.15) is 11.6 Å². The van der Waals surface area contributed by atoms with Crippen molar-refractivity contribution < 1.29 is 4.79 Å². The van der Waals surface area contributed by atoms with Crippen LogP contribution in [0.4, 0.5) is 5.82 Å². The molecule has 0 spiro atoms. The fraction of sp³-hybridized carbons (Fsp3) is 0.583. The number of nitrogens with zero attached hydrogens (tertiary/aromatic N) is 1. The van der Waals surface area contributed by atoms with Crippen molar-refractivity contribution in [3.8, 4) is 0 Å². The van der Waals surface area contributed by atoms with E-state index in [1.54, 1.807) is 0 Å². The lowest BCUT2D eigenvalue weighted by Gasteiger charge is -2.24. The van der Waals surface area contributed by atoms with Gasteiger partial charge in [0.05, 0.1) is 0 Å². The van der Waals surface area contributed by atoms with Crippen LogP contribution >= 0.6 is 0 Å². The molecule has 1 atom stereocenters. The molecule has 0 radical (unpaired) electrons. The summed E-state index contributed by atoms with van der Waals surface area (Å²) in [6.07, 6.45) is 1.27. The first-order valence-corrected chi connectivity index (χ1v) is 6.19. The largest absolute Gasteiger partial charge is 0.365 e. The standard InChI is InChI=1S/C12H18N4O2/c1-7(2)12-15-9(5-11(18)16-12)14-8-3-4-10(17)13-6-8/h5,7-8H,3-4,6H2,1-2H3,(H,13,17)(H2,14,15,16,18). The summed E-state index contributed by atoms with van der Waals surface area (Å²) in [7, 11) is 0. The molecule has 98 valence electrons. The zero-order valence-electron chi connectivity index (χ0n) is 10.6. The van der Waals surface area contributed by atoms with Gasteiger partial charge in [-0.25, -0.2) is 4.98 Å². The van der Waals surface area contributed by atoms with Gasteiger partial charge in [-0.1, -0.05) is 13.8 Å². The van der Waals surface area contributed by atoms with Crippen LogP contribution in [-0.4, -0.2) is 28.5 Å². The van der Waals surface area contributed by atoms with E-state index in [9.17, 15) is 9.59 Å². The first kappa shape index (κ1) is 12.6. The molecule has 18 heavy (non-hydrogen) atoms. The minimum absolute atomic E-state index is 0.0785. The van der Waals surface area contributed by atoms with Crippen molar-refractivity contribution in [3.63, 3.8) is 0 Å². The first-order valence-electron chi connectivity index (χ1n) is 6.19. The Morgan fingerprint density at radius 3 is 2.83 bits per heavy atom. The number of carbonyl (C=O) groups is 1. The molecule has 1 amide bonds. The number of aromatic nitrogens is 2. The zero-order valence-corrected chi connectivity index (χ0v) is 10.6. The highest BCUT2D eigenvalue weighted by atomic mass is 16.1. The zero-order chi connectivity index (χ0) is 13.1. The molecule has 0 aliphatic carbocycles. The van der Waals surface area contributed by atoms with E-state index >= 15 is 0 Å². The van der Waals surface area contributed by atoms with Gasteiger partial charge < -0.3 is 15.6 Å². The van der Waals surface area contributed by atoms with E-state index in [-0.39, 0.29) is 23.4 Å². The van der Waals surface area contributed by atoms with Crippen LogP contribution in [0.15, 0.2) is 10.9 Å². The molecular weight excluding hydrogens is 232 g/mol. The van der Waals surface area contributed by atoms with E-state index in [1.165, 1.54) is 6.07 Å². The van der Waals surface area contributed by atoms with Gasteiger partial charge in [-0.2, -0.15) is 0 Å². The summed E-state index contributed by atoms with van der Waals surface area (Å²) in [5.41, 5.74) is -0.156. The van der Waals surface area contributed by atoms with Gasteiger partial charge in [-0.3, -0.25) is 9.59 Å². The second kappa shape index (κ2) is 5.20. The van der Waals surface area contributed by atoms with Gasteiger partial charge in [0.2, 0.25) is 5.91 Å². The third-order valence-electron chi connectivity index (χ3n) is 2.92. The van der Waals surface area contributed by atoms with Gasteiger partial charge in [-0.15, -0.1) is 0 Å². The Hall–Kier alpha value is -1.85. The van der Waals surface area contributed by atoms with Gasteiger partial charge in [-0.05, 0) is 6.42 Å². The Labute approximate surface area is 105 Å². The summed E-state index contributed by atoms with van der Waals surface area (Å²) in [5.74, 6) is 1.49. The van der Waals surface area contributed by atoms with Crippen molar-refractivity contribution in [1.29, 1.82) is 0 Å². The normalized spacial score (nSPS) is 19.7. The van der Waals surface area contributed by atoms with Crippen molar-refractivity contribution in [2.45, 2.75) is 38.6 Å². The molecule has 6 nitrogen and oxygen atoms in total. The average molecular weight is 250 g/mol. The Kier molecular flexibility index (Phi) is 3.64. The highest BCUT2D eigenvalue weighted by Gasteiger charge is 2.18. The minimum Gasteiger partial charge on any atom is -0.365 e. The smallest absolute Gasteiger partial charge is 0.252 e. The first-order chi connectivity index (χ1) is 8.54. The Morgan fingerprint density at radius 2 is 2.22 bits per heavy atom. The van der Waals surface area contributed by atoms with Crippen LogP contribution in [0.3, 0.4) is 0 Å². The molecule has 2 rings (SSSR count). The topological polar surface area (TPSA) is 86.9 Å². The lowest BCUT2D eigenvalue weighted by atomic mass is 10.1. The molecule has 0 aromatic carbocycles. The summed E-state index contributed by atoms with van der Waals surface area (Å²) in [4.78, 5) is 29.6. The van der Waals surface area contributed by atoms with Gasteiger partial charge >= 0.3 is 0 Å². The van der Waals surface area contributed by atoms with E-state index in [0.29, 0.717) is 24.6 Å². The maximum absolute atomic E-state index is 11.5. The predicted octanol–water partition coefficient (Wildman–Crippen LogP) is 0.584. The van der Waals surface area contributed by atoms with Gasteiger partial charge in [0.15, 0.2) is 0 Å². The van der Waals surface area contributed by atoms with E-state index in [1.807, 2.05) is 13.8 Å². The number of H-pyrrole nitrogens is 1. The molecule has 0 bridgehead atoms. The number of aromatic amines is 1. The number of amides is 1. The van der Waals surface area contributed by atoms with Crippen molar-refractivity contribution in [2.24, 2.45) is 0 Å². The highest BCUT2D eigenvalue weighted by molar-refractivity contribution is 5.76. The number of rotatable bonds is 3. The molecule has 2 heterocycles. The molecule has 1 aliphatic heterocycles. The Bertz CT molecular complexity index is 485. The summed E-state index contributed by atoms with van der Waals surface area (Å²) in [6, 6.07) is 1.58. The number of anilines is 1. The molecule has 1 unspecified atom stereocenters. The van der Waals surface area contributed by atoms with Crippen molar-refractivity contribution in [1.82, 2.24) is 15.3 Å². The second-order valence-corrected chi connectivity index (χ2v) is 4.85. The summed E-state index contributed by atoms with van der Waals surface area (Å²) < 4.78 is 0. The van der Waals surface area contributed by atoms with Crippen LogP contribution in [-0.2, 0) is 4.79 Å². The van der Waals surface area contributed by atoms with Crippen LogP contribution < -0.4 is 16.2 Å². The lowest BCUT2D eigenvalue weighted by Crippen LogP contribution is -2.42. The van der Waals surface area contributed by atoms with Crippen LogP contribution in [0.2, 0.25) is 0 Å². The fourth-order valence-corrected chi connectivity index (χ4v) is 1.89. The van der Waals surface area contributed by atoms with E-state index in [0.717, 1.165) is 6.42 Å². The molecule has 1 aromatic heterocycles. The third kappa shape index (κ3) is 3.09. The van der Waals surface area contributed by atoms with Crippen LogP contribution in [0.25, 0.3) is 0 Å². The summed E-state index contributed by atoms with van der Waals surface area (Å²) in [6.45, 7) is 4.52. The molecule has 1 aromatic rings. The van der Waals surface area contributed by atoms with Crippen molar-refractivity contribution in [2.75, 3.05) is 11.9 Å². The van der Waals surface area contributed by atoms with Gasteiger partial charge in [0.25, 0.3) is 5.56 Å². The van der Waals surface area contributed by atoms with Gasteiger partial charge in [0, 0.05) is 31.0 Å². The lowest BCUT2D eigenvalue weighted by molar-refractivity contribution is -0.122. The molecule has 0 saturated carbocycles. The molecule has 3 N–H and O–H groups in total. The molecular formula is C12H18N4O2. The maximum Gasteiger partial charge on any atom is 0.252 e. The van der Waals surface area contributed by atoms with E-state index < -0.39 is 0 Å². The SMILES string of the molecule is CC(C)c1nc(NC2CCC(=O)NC2)cc(=O)[nH]1. The number of hydrogen-bond acceptors (Lipinski definition) is 4. The number of piperidine rings is 1. The quantitative estimate of drug-likeness (QED) is 0.732. The van der Waals surface area contributed by atoms with Crippen molar-refractivity contribution >= 4 is 11.7 Å². The van der Waals surface area contributed by atoms with Crippen molar-refractivity contribution in [3.05, 3.63) is 22.2 Å². The number of carbonyl (C=O) groups excluding carboxylic acids is 1. The third-order valence-corrected chi connectivity index (χ3v) is 2.92. The second-order valence-electron chi connectivity index (χ2n) is 4.85. The van der Waals surface area contributed by atoms with Crippen LogP contribution in [0.5, 0.6) is 0 Å². The molecule has 1 fully saturated rings. The minimum atomic E-state index is -0.156. The fourth-order valence-electron chi connectivity index (χ4n) is 1.89. The highest BCUT2D eigenvalue weighted by Crippen LogP contribution is 2.12. The summed E-state index contributed by atoms with van der Waals surface area (Å²) >= 11 is 0. The van der Waals surface area contributed by atoms with E-state index in [2.05, 4.69) is 20.6 Å². The Balaban J connectivity index is 2.09.